The summed E-state index contributed by atoms with van der Waals surface area (Å²) in [5.74, 6) is 0. The zero-order chi connectivity index (χ0) is 6.85. The van der Waals surface area contributed by atoms with Gasteiger partial charge in [0, 0.05) is 11.0 Å². The summed E-state index contributed by atoms with van der Waals surface area (Å²) >= 11 is 0. The monoisotopic (exact) mass is 159 g/mol. The lowest BCUT2D eigenvalue weighted by molar-refractivity contribution is 1.47. The molecule has 1 aliphatic rings. The molecule has 0 aromatic heterocycles. The van der Waals surface area contributed by atoms with E-state index in [4.69, 9.17) is 0 Å². The molecular formula is C6H9NS2. The summed E-state index contributed by atoms with van der Waals surface area (Å²) in [6.07, 6.45) is 0. The first-order chi connectivity index (χ1) is 4.22. The molecule has 0 N–H and O–H groups in total. The van der Waals surface area contributed by atoms with Gasteiger partial charge in [-0.1, -0.05) is 0 Å². The van der Waals surface area contributed by atoms with Crippen molar-refractivity contribution in [3.63, 3.8) is 0 Å². The predicted molar refractivity (Wildman–Crippen MR) is 46.7 cm³/mol. The van der Waals surface area contributed by atoms with Gasteiger partial charge >= 0.3 is 0 Å². The molecule has 0 atom stereocenters. The van der Waals surface area contributed by atoms with Gasteiger partial charge in [-0.3, -0.25) is 0 Å². The molecule has 1 rings (SSSR count). The summed E-state index contributed by atoms with van der Waals surface area (Å²) in [5, 5.41) is 0. The maximum atomic E-state index is 4.20. The van der Waals surface area contributed by atoms with Gasteiger partial charge in [-0.05, 0) is 42.0 Å². The molecule has 1 aliphatic heterocycles. The Balaban J connectivity index is 2.88. The second-order valence-corrected chi connectivity index (χ2v) is 4.07. The second kappa shape index (κ2) is 2.80. The van der Waals surface area contributed by atoms with Crippen LogP contribution < -0.4 is 0 Å². The van der Waals surface area contributed by atoms with Gasteiger partial charge in [-0.25, -0.2) is 4.40 Å². The highest BCUT2D eigenvalue weighted by atomic mass is 33.1. The highest BCUT2D eigenvalue weighted by molar-refractivity contribution is 8.77. The van der Waals surface area contributed by atoms with Crippen LogP contribution in [0.3, 0.4) is 0 Å². The van der Waals surface area contributed by atoms with Crippen molar-refractivity contribution in [2.75, 3.05) is 0 Å². The maximum absolute atomic E-state index is 4.20. The highest BCUT2D eigenvalue weighted by Crippen LogP contribution is 2.37. The van der Waals surface area contributed by atoms with Crippen molar-refractivity contribution in [3.8, 4) is 0 Å². The van der Waals surface area contributed by atoms with Crippen LogP contribution >= 0.6 is 21.8 Å². The van der Waals surface area contributed by atoms with Crippen molar-refractivity contribution < 1.29 is 0 Å². The van der Waals surface area contributed by atoms with E-state index in [2.05, 4.69) is 18.2 Å². The first-order valence-electron chi connectivity index (χ1n) is 2.78. The standard InChI is InChI=1S/C6H9NS2/c1-4-5(2)7-9-8-6(4)3/h1-3H3. The molecular weight excluding hydrogens is 150 g/mol. The number of hydrogen-bond donors (Lipinski definition) is 0. The quantitative estimate of drug-likeness (QED) is 0.398. The first-order valence-corrected chi connectivity index (χ1v) is 4.88. The largest absolute Gasteiger partial charge is 0.209 e. The molecule has 0 aromatic carbocycles. The van der Waals surface area contributed by atoms with Gasteiger partial charge in [-0.15, -0.1) is 0 Å². The summed E-state index contributed by atoms with van der Waals surface area (Å²) in [6, 6.07) is 0. The number of nitrogens with zero attached hydrogens (tertiary/aromatic N) is 1. The molecule has 50 valence electrons. The minimum atomic E-state index is 1.16. The van der Waals surface area contributed by atoms with Gasteiger partial charge in [0.1, 0.15) is 0 Å². The fourth-order valence-electron chi connectivity index (χ4n) is 0.516. The average Bonchev–Trinajstić information content (AvgIpc) is 1.83. The van der Waals surface area contributed by atoms with E-state index in [-0.39, 0.29) is 0 Å². The normalized spacial score (nSPS) is 20.1. The summed E-state index contributed by atoms with van der Waals surface area (Å²) in [4.78, 5) is 1.38. The van der Waals surface area contributed by atoms with Gasteiger partial charge in [0.15, 0.2) is 0 Å². The van der Waals surface area contributed by atoms with E-state index in [0.717, 1.165) is 5.71 Å². The molecule has 0 saturated carbocycles. The lowest BCUT2D eigenvalue weighted by Crippen LogP contribution is -1.96. The van der Waals surface area contributed by atoms with Crippen LogP contribution in [-0.4, -0.2) is 5.71 Å². The van der Waals surface area contributed by atoms with Gasteiger partial charge in [0.25, 0.3) is 0 Å². The van der Waals surface area contributed by atoms with Crippen LogP contribution in [0.15, 0.2) is 14.9 Å². The van der Waals surface area contributed by atoms with E-state index < -0.39 is 0 Å². The van der Waals surface area contributed by atoms with E-state index in [0.29, 0.717) is 0 Å². The molecule has 0 saturated heterocycles. The molecule has 0 spiro atoms. The van der Waals surface area contributed by atoms with Gasteiger partial charge in [0.05, 0.1) is 5.71 Å². The Hall–Kier alpha value is 0.110. The fraction of sp³-hybridized carbons (Fsp3) is 0.500. The zero-order valence-electron chi connectivity index (χ0n) is 5.76. The Labute approximate surface area is 63.5 Å². The lowest BCUT2D eigenvalue weighted by Gasteiger charge is -2.09. The smallest absolute Gasteiger partial charge is 0.0503 e. The van der Waals surface area contributed by atoms with E-state index in [1.165, 1.54) is 10.5 Å². The van der Waals surface area contributed by atoms with E-state index in [1.54, 1.807) is 21.8 Å². The second-order valence-electron chi connectivity index (χ2n) is 2.02. The molecule has 3 heteroatoms. The van der Waals surface area contributed by atoms with Crippen LogP contribution in [0, 0.1) is 0 Å². The Morgan fingerprint density at radius 2 is 1.89 bits per heavy atom. The van der Waals surface area contributed by atoms with Crippen LogP contribution in [-0.2, 0) is 0 Å². The van der Waals surface area contributed by atoms with Crippen molar-refractivity contribution in [2.24, 2.45) is 4.40 Å². The Kier molecular flexibility index (Phi) is 2.24. The number of hydrogen-bond acceptors (Lipinski definition) is 3. The van der Waals surface area contributed by atoms with Gasteiger partial charge < -0.3 is 0 Å². The first kappa shape index (κ1) is 7.22. The third-order valence-corrected chi connectivity index (χ3v) is 3.58. The number of rotatable bonds is 0. The molecule has 0 aliphatic carbocycles. The zero-order valence-corrected chi connectivity index (χ0v) is 7.40. The molecule has 0 bridgehead atoms. The predicted octanol–water partition coefficient (Wildman–Crippen LogP) is 3.05. The van der Waals surface area contributed by atoms with Crippen LogP contribution in [0.1, 0.15) is 20.8 Å². The fourth-order valence-corrected chi connectivity index (χ4v) is 2.34. The SMILES string of the molecule is CC1=NSSC(C)=C1C. The maximum Gasteiger partial charge on any atom is 0.0503 e. The summed E-state index contributed by atoms with van der Waals surface area (Å²) in [6.45, 7) is 6.29. The van der Waals surface area contributed by atoms with Crippen LogP contribution in [0.4, 0.5) is 0 Å². The van der Waals surface area contributed by atoms with Crippen LogP contribution in [0.5, 0.6) is 0 Å². The van der Waals surface area contributed by atoms with E-state index >= 15 is 0 Å². The van der Waals surface area contributed by atoms with Crippen molar-refractivity contribution >= 4 is 27.5 Å². The Morgan fingerprint density at radius 1 is 1.22 bits per heavy atom. The van der Waals surface area contributed by atoms with Crippen molar-refractivity contribution in [1.29, 1.82) is 0 Å². The van der Waals surface area contributed by atoms with Crippen LogP contribution in [0.25, 0.3) is 0 Å². The molecule has 0 aromatic rings. The third kappa shape index (κ3) is 1.52. The molecule has 9 heavy (non-hydrogen) atoms. The topological polar surface area (TPSA) is 12.4 Å². The molecule has 0 radical (unpaired) electrons. The molecule has 0 amide bonds. The summed E-state index contributed by atoms with van der Waals surface area (Å²) in [5.41, 5.74) is 2.50. The van der Waals surface area contributed by atoms with Crippen molar-refractivity contribution in [1.82, 2.24) is 0 Å². The van der Waals surface area contributed by atoms with Gasteiger partial charge in [-0.2, -0.15) is 0 Å². The molecule has 0 unspecified atom stereocenters. The van der Waals surface area contributed by atoms with E-state index in [1.807, 2.05) is 6.92 Å². The molecule has 1 heterocycles. The summed E-state index contributed by atoms with van der Waals surface area (Å²) in [7, 11) is 3.30. The van der Waals surface area contributed by atoms with Gasteiger partial charge in [0.2, 0.25) is 0 Å². The van der Waals surface area contributed by atoms with E-state index in [9.17, 15) is 0 Å². The highest BCUT2D eigenvalue weighted by Gasteiger charge is 2.06. The minimum absolute atomic E-state index is 1.16. The average molecular weight is 159 g/mol. The Morgan fingerprint density at radius 3 is 2.33 bits per heavy atom. The Bertz CT molecular complexity index is 181. The number of allylic oxidation sites excluding steroid dienone is 2. The van der Waals surface area contributed by atoms with Crippen molar-refractivity contribution in [2.45, 2.75) is 20.8 Å². The van der Waals surface area contributed by atoms with Crippen LogP contribution in [0.2, 0.25) is 0 Å². The molecule has 1 nitrogen and oxygen atoms in total. The lowest BCUT2D eigenvalue weighted by atomic mass is 10.2. The molecule has 0 fully saturated rings. The van der Waals surface area contributed by atoms with Crippen molar-refractivity contribution in [3.05, 3.63) is 10.5 Å². The minimum Gasteiger partial charge on any atom is -0.209 e. The summed E-state index contributed by atoms with van der Waals surface area (Å²) < 4.78 is 4.20. The third-order valence-electron chi connectivity index (χ3n) is 1.41.